The first kappa shape index (κ1) is 17.8. The molecule has 4 nitrogen and oxygen atoms in total. The summed E-state index contributed by atoms with van der Waals surface area (Å²) in [5.74, 6) is -0.249. The molecule has 0 fully saturated rings. The molecule has 3 aromatic rings. The predicted molar refractivity (Wildman–Crippen MR) is 109 cm³/mol. The zero-order chi connectivity index (χ0) is 18.1. The number of thiazole rings is 1. The number of rotatable bonds is 2. The normalized spacial score (nSPS) is 10.7. The van der Waals surface area contributed by atoms with E-state index in [0.717, 1.165) is 26.9 Å². The second-order valence-electron chi connectivity index (χ2n) is 5.80. The minimum atomic E-state index is -0.249. The van der Waals surface area contributed by atoms with Crippen molar-refractivity contribution in [3.05, 3.63) is 57.6 Å². The third kappa shape index (κ3) is 3.98. The Kier molecular flexibility index (Phi) is 5.03. The molecule has 0 spiro atoms. The zero-order valence-corrected chi connectivity index (χ0v) is 16.3. The van der Waals surface area contributed by atoms with Crippen molar-refractivity contribution < 1.29 is 4.79 Å². The Bertz CT molecular complexity index is 958. The van der Waals surface area contributed by atoms with Gasteiger partial charge in [-0.25, -0.2) is 4.98 Å². The molecule has 0 radical (unpaired) electrons. The Balaban J connectivity index is 1.71. The van der Waals surface area contributed by atoms with Crippen LogP contribution in [-0.2, 0) is 0 Å². The van der Waals surface area contributed by atoms with Gasteiger partial charge in [-0.1, -0.05) is 29.0 Å². The summed E-state index contributed by atoms with van der Waals surface area (Å²) in [4.78, 5) is 16.7. The highest BCUT2D eigenvalue weighted by molar-refractivity contribution is 7.80. The van der Waals surface area contributed by atoms with Crippen LogP contribution in [0.4, 0.5) is 5.13 Å². The van der Waals surface area contributed by atoms with E-state index in [-0.39, 0.29) is 11.0 Å². The first-order valence-electron chi connectivity index (χ1n) is 7.60. The summed E-state index contributed by atoms with van der Waals surface area (Å²) in [6.45, 7) is 5.92. The summed E-state index contributed by atoms with van der Waals surface area (Å²) in [5.41, 5.74) is 4.56. The maximum Gasteiger partial charge on any atom is 0.257 e. The third-order valence-corrected chi connectivity index (χ3v) is 5.43. The van der Waals surface area contributed by atoms with Crippen molar-refractivity contribution in [1.82, 2.24) is 10.3 Å². The van der Waals surface area contributed by atoms with E-state index in [4.69, 9.17) is 23.8 Å². The number of carbonyl (C=O) groups excluding carboxylic acids is 1. The van der Waals surface area contributed by atoms with E-state index in [0.29, 0.717) is 15.7 Å². The van der Waals surface area contributed by atoms with Crippen LogP contribution in [0.15, 0.2) is 30.3 Å². The third-order valence-electron chi connectivity index (χ3n) is 3.89. The standard InChI is InChI=1S/C18H16ClN3OS2/c1-9-4-5-12(6-10(9)2)16(23)21-17(24)22-18-20-14-8-13(19)11(3)7-15(14)25-18/h4-8H,1-3H3,(H2,20,21,22,23,24). The highest BCUT2D eigenvalue weighted by Gasteiger charge is 2.11. The number of amides is 1. The van der Waals surface area contributed by atoms with Gasteiger partial charge in [0.05, 0.1) is 10.2 Å². The van der Waals surface area contributed by atoms with Crippen LogP contribution >= 0.6 is 35.2 Å². The monoisotopic (exact) mass is 389 g/mol. The van der Waals surface area contributed by atoms with Gasteiger partial charge in [-0.05, 0) is 73.9 Å². The number of hydrogen-bond acceptors (Lipinski definition) is 4. The molecule has 0 aliphatic rings. The summed E-state index contributed by atoms with van der Waals surface area (Å²) >= 11 is 12.8. The van der Waals surface area contributed by atoms with Gasteiger partial charge in [-0.3, -0.25) is 10.1 Å². The molecule has 0 aliphatic heterocycles. The molecular formula is C18H16ClN3OS2. The molecule has 1 amide bonds. The van der Waals surface area contributed by atoms with Crippen LogP contribution in [0.25, 0.3) is 10.2 Å². The van der Waals surface area contributed by atoms with Crippen LogP contribution in [0.3, 0.4) is 0 Å². The fourth-order valence-corrected chi connectivity index (χ4v) is 3.65. The van der Waals surface area contributed by atoms with Crippen molar-refractivity contribution in [3.63, 3.8) is 0 Å². The van der Waals surface area contributed by atoms with E-state index in [1.807, 2.05) is 45.0 Å². The number of anilines is 1. The van der Waals surface area contributed by atoms with E-state index in [1.165, 1.54) is 11.3 Å². The average Bonchev–Trinajstić information content (AvgIpc) is 2.91. The molecule has 1 aromatic heterocycles. The number of benzene rings is 2. The van der Waals surface area contributed by atoms with Gasteiger partial charge in [0.2, 0.25) is 0 Å². The van der Waals surface area contributed by atoms with Gasteiger partial charge in [-0.15, -0.1) is 0 Å². The molecule has 1 heterocycles. The number of carbonyl (C=O) groups is 1. The largest absolute Gasteiger partial charge is 0.308 e. The molecule has 2 N–H and O–H groups in total. The zero-order valence-electron chi connectivity index (χ0n) is 13.9. The van der Waals surface area contributed by atoms with Gasteiger partial charge in [-0.2, -0.15) is 0 Å². The van der Waals surface area contributed by atoms with E-state index in [2.05, 4.69) is 15.6 Å². The van der Waals surface area contributed by atoms with Gasteiger partial charge in [0.1, 0.15) is 0 Å². The number of nitrogens with one attached hydrogen (secondary N) is 2. The van der Waals surface area contributed by atoms with Crippen LogP contribution in [0, 0.1) is 20.8 Å². The van der Waals surface area contributed by atoms with Gasteiger partial charge >= 0.3 is 0 Å². The Morgan fingerprint density at radius 1 is 1.12 bits per heavy atom. The van der Waals surface area contributed by atoms with Crippen molar-refractivity contribution >= 4 is 61.5 Å². The van der Waals surface area contributed by atoms with Crippen molar-refractivity contribution in [2.45, 2.75) is 20.8 Å². The number of fused-ring (bicyclic) bond motifs is 1. The molecule has 2 aromatic carbocycles. The Labute approximate surface area is 160 Å². The minimum absolute atomic E-state index is 0.213. The smallest absolute Gasteiger partial charge is 0.257 e. The molecule has 0 aliphatic carbocycles. The van der Waals surface area contributed by atoms with Gasteiger partial charge in [0.25, 0.3) is 5.91 Å². The Morgan fingerprint density at radius 3 is 2.60 bits per heavy atom. The number of aromatic nitrogens is 1. The van der Waals surface area contributed by atoms with E-state index in [1.54, 1.807) is 6.07 Å². The van der Waals surface area contributed by atoms with Crippen LogP contribution in [0.1, 0.15) is 27.0 Å². The first-order chi connectivity index (χ1) is 11.8. The van der Waals surface area contributed by atoms with Gasteiger partial charge in [0.15, 0.2) is 10.2 Å². The quantitative estimate of drug-likeness (QED) is 0.605. The van der Waals surface area contributed by atoms with Crippen LogP contribution in [0.5, 0.6) is 0 Å². The molecule has 3 rings (SSSR count). The lowest BCUT2D eigenvalue weighted by atomic mass is 10.1. The van der Waals surface area contributed by atoms with E-state index >= 15 is 0 Å². The number of nitrogens with zero attached hydrogens (tertiary/aromatic N) is 1. The number of aryl methyl sites for hydroxylation is 3. The summed E-state index contributed by atoms with van der Waals surface area (Å²) in [7, 11) is 0. The van der Waals surface area contributed by atoms with Crippen LogP contribution in [-0.4, -0.2) is 16.0 Å². The molecule has 0 saturated carbocycles. The summed E-state index contributed by atoms with van der Waals surface area (Å²) in [6.07, 6.45) is 0. The second kappa shape index (κ2) is 7.07. The van der Waals surface area contributed by atoms with Crippen molar-refractivity contribution in [1.29, 1.82) is 0 Å². The highest BCUT2D eigenvalue weighted by Crippen LogP contribution is 2.30. The molecule has 7 heteroatoms. The van der Waals surface area contributed by atoms with Gasteiger partial charge < -0.3 is 5.32 Å². The predicted octanol–water partition coefficient (Wildman–Crippen LogP) is 5.00. The van der Waals surface area contributed by atoms with E-state index in [9.17, 15) is 4.79 Å². The van der Waals surface area contributed by atoms with Crippen molar-refractivity contribution in [2.75, 3.05) is 5.32 Å². The summed E-state index contributed by atoms with van der Waals surface area (Å²) in [5, 5.41) is 7.14. The maximum absolute atomic E-state index is 12.3. The Morgan fingerprint density at radius 2 is 1.88 bits per heavy atom. The fraction of sp³-hybridized carbons (Fsp3) is 0.167. The number of hydrogen-bond donors (Lipinski definition) is 2. The number of halogens is 1. The molecule has 128 valence electrons. The molecular weight excluding hydrogens is 374 g/mol. The topological polar surface area (TPSA) is 54.0 Å². The van der Waals surface area contributed by atoms with E-state index < -0.39 is 0 Å². The number of thiocarbonyl (C=S) groups is 1. The van der Waals surface area contributed by atoms with Crippen molar-refractivity contribution in [2.24, 2.45) is 0 Å². The minimum Gasteiger partial charge on any atom is -0.308 e. The van der Waals surface area contributed by atoms with Crippen LogP contribution in [0.2, 0.25) is 5.02 Å². The SMILES string of the molecule is Cc1ccc(C(=O)NC(=S)Nc2nc3cc(Cl)c(C)cc3s2)cc1C. The molecule has 0 unspecified atom stereocenters. The molecule has 0 atom stereocenters. The lowest BCUT2D eigenvalue weighted by Crippen LogP contribution is -2.34. The fourth-order valence-electron chi connectivity index (χ4n) is 2.29. The molecule has 25 heavy (non-hydrogen) atoms. The summed E-state index contributed by atoms with van der Waals surface area (Å²) < 4.78 is 1.01. The second-order valence-corrected chi connectivity index (χ2v) is 7.64. The first-order valence-corrected chi connectivity index (χ1v) is 9.20. The van der Waals surface area contributed by atoms with Gasteiger partial charge in [0, 0.05) is 10.6 Å². The lowest BCUT2D eigenvalue weighted by molar-refractivity contribution is 0.0977. The lowest BCUT2D eigenvalue weighted by Gasteiger charge is -2.08. The molecule has 0 saturated heterocycles. The summed E-state index contributed by atoms with van der Waals surface area (Å²) in [6, 6.07) is 9.35. The van der Waals surface area contributed by atoms with Crippen molar-refractivity contribution in [3.8, 4) is 0 Å². The molecule has 0 bridgehead atoms. The van der Waals surface area contributed by atoms with Crippen LogP contribution < -0.4 is 10.6 Å². The maximum atomic E-state index is 12.3. The highest BCUT2D eigenvalue weighted by atomic mass is 35.5. The average molecular weight is 390 g/mol. The Hall–Kier alpha value is -2.02.